The minimum Gasteiger partial charge on any atom is -0.481 e. The Kier molecular flexibility index (Phi) is 3.81. The van der Waals surface area contributed by atoms with Gasteiger partial charge in [-0.1, -0.05) is 0 Å². The van der Waals surface area contributed by atoms with Gasteiger partial charge < -0.3 is 10.0 Å². The molecule has 1 fully saturated rings. The zero-order valence-electron chi connectivity index (χ0n) is 10.1. The smallest absolute Gasteiger partial charge is 0.307 e. The molecule has 0 spiro atoms. The second-order valence-electron chi connectivity index (χ2n) is 4.68. The monoisotopic (exact) mass is 263 g/mol. The van der Waals surface area contributed by atoms with Crippen LogP contribution < -0.4 is 0 Å². The molecule has 7 heteroatoms. The maximum absolute atomic E-state index is 11.8. The quantitative estimate of drug-likeness (QED) is 0.728. The first-order valence-corrected chi connectivity index (χ1v) is 7.36. The second kappa shape index (κ2) is 4.64. The highest BCUT2D eigenvalue weighted by Crippen LogP contribution is 2.40. The summed E-state index contributed by atoms with van der Waals surface area (Å²) in [6.45, 7) is 1.64. The van der Waals surface area contributed by atoms with Gasteiger partial charge in [-0.25, -0.2) is 8.42 Å². The standard InChI is InChI=1S/C10H17NO5S/c1-6(5-17(3,15)16)11(2)9(12)7-4-8(7)10(13)14/h6-8H,4-5H2,1-3H3,(H,13,14). The molecule has 6 nitrogen and oxygen atoms in total. The number of aliphatic carboxylic acids is 1. The number of carboxylic acids is 1. The van der Waals surface area contributed by atoms with Gasteiger partial charge in [0.25, 0.3) is 0 Å². The van der Waals surface area contributed by atoms with Gasteiger partial charge in [0.2, 0.25) is 5.91 Å². The molecule has 1 aliphatic rings. The lowest BCUT2D eigenvalue weighted by molar-refractivity contribution is -0.142. The van der Waals surface area contributed by atoms with Crippen LogP contribution in [0.25, 0.3) is 0 Å². The third-order valence-electron chi connectivity index (χ3n) is 2.98. The highest BCUT2D eigenvalue weighted by atomic mass is 32.2. The van der Waals surface area contributed by atoms with Gasteiger partial charge in [0.15, 0.2) is 0 Å². The van der Waals surface area contributed by atoms with Gasteiger partial charge in [0, 0.05) is 19.3 Å². The van der Waals surface area contributed by atoms with Crippen LogP contribution in [0.5, 0.6) is 0 Å². The zero-order valence-corrected chi connectivity index (χ0v) is 10.9. The van der Waals surface area contributed by atoms with Crippen molar-refractivity contribution in [2.45, 2.75) is 19.4 Å². The number of carbonyl (C=O) groups is 2. The van der Waals surface area contributed by atoms with E-state index in [1.807, 2.05) is 0 Å². The molecule has 3 unspecified atom stereocenters. The van der Waals surface area contributed by atoms with E-state index in [9.17, 15) is 18.0 Å². The van der Waals surface area contributed by atoms with Crippen LogP contribution in [-0.4, -0.2) is 55.4 Å². The van der Waals surface area contributed by atoms with Crippen LogP contribution in [0.3, 0.4) is 0 Å². The van der Waals surface area contributed by atoms with Gasteiger partial charge in [-0.3, -0.25) is 9.59 Å². The average molecular weight is 263 g/mol. The van der Waals surface area contributed by atoms with Crippen molar-refractivity contribution in [2.75, 3.05) is 19.1 Å². The lowest BCUT2D eigenvalue weighted by Gasteiger charge is -2.24. The summed E-state index contributed by atoms with van der Waals surface area (Å²) in [7, 11) is -1.64. The Morgan fingerprint density at radius 3 is 2.29 bits per heavy atom. The lowest BCUT2D eigenvalue weighted by Crippen LogP contribution is -2.40. The van der Waals surface area contributed by atoms with E-state index in [-0.39, 0.29) is 11.7 Å². The molecule has 0 aromatic heterocycles. The van der Waals surface area contributed by atoms with E-state index in [4.69, 9.17) is 5.11 Å². The van der Waals surface area contributed by atoms with Gasteiger partial charge in [-0.05, 0) is 13.3 Å². The fourth-order valence-corrected chi connectivity index (χ4v) is 2.87. The SMILES string of the molecule is CC(CS(C)(=O)=O)N(C)C(=O)C1CC1C(=O)O. The van der Waals surface area contributed by atoms with E-state index in [0.29, 0.717) is 6.42 Å². The molecule has 3 atom stereocenters. The molecule has 0 aromatic rings. The molecular formula is C10H17NO5S. The molecule has 17 heavy (non-hydrogen) atoms. The number of nitrogens with zero attached hydrogens (tertiary/aromatic N) is 1. The Labute approximate surface area is 101 Å². The molecule has 1 saturated carbocycles. The van der Waals surface area contributed by atoms with Crippen molar-refractivity contribution >= 4 is 21.7 Å². The molecule has 1 aliphatic carbocycles. The van der Waals surface area contributed by atoms with Crippen LogP contribution in [0.4, 0.5) is 0 Å². The number of sulfone groups is 1. The number of carbonyl (C=O) groups excluding carboxylic acids is 1. The molecule has 0 bridgehead atoms. The predicted octanol–water partition coefficient (Wildman–Crippen LogP) is -0.401. The van der Waals surface area contributed by atoms with Crippen molar-refractivity contribution in [3.8, 4) is 0 Å². The molecule has 0 heterocycles. The topological polar surface area (TPSA) is 91.8 Å². The van der Waals surface area contributed by atoms with Crippen LogP contribution in [0.1, 0.15) is 13.3 Å². The lowest BCUT2D eigenvalue weighted by atomic mass is 10.2. The van der Waals surface area contributed by atoms with Crippen LogP contribution in [0, 0.1) is 11.8 Å². The number of hydrogen-bond donors (Lipinski definition) is 1. The van der Waals surface area contributed by atoms with Crippen molar-refractivity contribution in [2.24, 2.45) is 11.8 Å². The van der Waals surface area contributed by atoms with Gasteiger partial charge >= 0.3 is 5.97 Å². The van der Waals surface area contributed by atoms with E-state index >= 15 is 0 Å². The fourth-order valence-electron chi connectivity index (χ4n) is 1.77. The fraction of sp³-hybridized carbons (Fsp3) is 0.800. The molecule has 0 radical (unpaired) electrons. The molecule has 0 saturated heterocycles. The Hall–Kier alpha value is -1.11. The molecule has 0 aliphatic heterocycles. The van der Waals surface area contributed by atoms with E-state index in [1.54, 1.807) is 6.92 Å². The molecule has 0 aromatic carbocycles. The van der Waals surface area contributed by atoms with Crippen molar-refractivity contribution < 1.29 is 23.1 Å². The Balaban J connectivity index is 2.56. The number of rotatable bonds is 5. The van der Waals surface area contributed by atoms with E-state index < -0.39 is 33.7 Å². The molecule has 1 amide bonds. The summed E-state index contributed by atoms with van der Waals surface area (Å²) in [6, 6.07) is -0.437. The van der Waals surface area contributed by atoms with Crippen molar-refractivity contribution in [1.82, 2.24) is 4.90 Å². The predicted molar refractivity (Wildman–Crippen MR) is 61.2 cm³/mol. The van der Waals surface area contributed by atoms with E-state index in [2.05, 4.69) is 0 Å². The molecular weight excluding hydrogens is 246 g/mol. The molecule has 98 valence electrons. The Morgan fingerprint density at radius 2 is 1.94 bits per heavy atom. The van der Waals surface area contributed by atoms with Gasteiger partial charge in [0.1, 0.15) is 9.84 Å². The summed E-state index contributed by atoms with van der Waals surface area (Å²) in [5.74, 6) is -2.45. The molecule has 1 rings (SSSR count). The number of hydrogen-bond acceptors (Lipinski definition) is 4. The Morgan fingerprint density at radius 1 is 1.41 bits per heavy atom. The van der Waals surface area contributed by atoms with E-state index in [1.165, 1.54) is 11.9 Å². The third kappa shape index (κ3) is 3.69. The van der Waals surface area contributed by atoms with Gasteiger partial charge in [0.05, 0.1) is 17.6 Å². The first-order valence-electron chi connectivity index (χ1n) is 5.30. The highest BCUT2D eigenvalue weighted by Gasteiger charge is 2.49. The summed E-state index contributed by atoms with van der Waals surface area (Å²) in [4.78, 5) is 23.8. The number of carboxylic acid groups (broad SMARTS) is 1. The zero-order chi connectivity index (χ0) is 13.4. The van der Waals surface area contributed by atoms with E-state index in [0.717, 1.165) is 6.26 Å². The maximum Gasteiger partial charge on any atom is 0.307 e. The van der Waals surface area contributed by atoms with Crippen LogP contribution >= 0.6 is 0 Å². The summed E-state index contributed by atoms with van der Waals surface area (Å²) >= 11 is 0. The molecule has 1 N–H and O–H groups in total. The summed E-state index contributed by atoms with van der Waals surface area (Å²) in [5.41, 5.74) is 0. The first-order chi connectivity index (χ1) is 7.63. The minimum absolute atomic E-state index is 0.111. The minimum atomic E-state index is -3.15. The van der Waals surface area contributed by atoms with Crippen LogP contribution in [0.15, 0.2) is 0 Å². The van der Waals surface area contributed by atoms with Crippen LogP contribution in [-0.2, 0) is 19.4 Å². The number of amides is 1. The maximum atomic E-state index is 11.8. The highest BCUT2D eigenvalue weighted by molar-refractivity contribution is 7.90. The second-order valence-corrected chi connectivity index (χ2v) is 6.86. The first kappa shape index (κ1) is 14.0. The van der Waals surface area contributed by atoms with Crippen molar-refractivity contribution in [3.05, 3.63) is 0 Å². The van der Waals surface area contributed by atoms with Gasteiger partial charge in [-0.2, -0.15) is 0 Å². The Bertz CT molecular complexity index is 430. The summed E-state index contributed by atoms with van der Waals surface area (Å²) < 4.78 is 22.2. The summed E-state index contributed by atoms with van der Waals surface area (Å²) in [6.07, 6.45) is 1.46. The average Bonchev–Trinajstić information content (AvgIpc) is 2.91. The normalized spacial score (nSPS) is 25.1. The summed E-state index contributed by atoms with van der Waals surface area (Å²) in [5, 5.41) is 8.71. The third-order valence-corrected chi connectivity index (χ3v) is 4.07. The van der Waals surface area contributed by atoms with Crippen molar-refractivity contribution in [3.63, 3.8) is 0 Å². The van der Waals surface area contributed by atoms with Crippen molar-refractivity contribution in [1.29, 1.82) is 0 Å². The van der Waals surface area contributed by atoms with Gasteiger partial charge in [-0.15, -0.1) is 0 Å². The van der Waals surface area contributed by atoms with Crippen LogP contribution in [0.2, 0.25) is 0 Å². The largest absolute Gasteiger partial charge is 0.481 e.